The number of nitrogens with zero attached hydrogens (tertiary/aromatic N) is 3. The summed E-state index contributed by atoms with van der Waals surface area (Å²) in [4.78, 5) is 33.7. The topological polar surface area (TPSA) is 110 Å². The summed E-state index contributed by atoms with van der Waals surface area (Å²) in [5.41, 5.74) is 1.65. The zero-order chi connectivity index (χ0) is 22.5. The molecule has 3 aromatic rings. The zero-order valence-corrected chi connectivity index (χ0v) is 18.3. The monoisotopic (exact) mass is 447 g/mol. The first-order chi connectivity index (χ1) is 15.3. The molecule has 0 fully saturated rings. The van der Waals surface area contributed by atoms with E-state index in [0.29, 0.717) is 28.8 Å². The van der Waals surface area contributed by atoms with Crippen LogP contribution in [-0.2, 0) is 4.79 Å². The van der Waals surface area contributed by atoms with Crippen molar-refractivity contribution in [3.05, 3.63) is 76.0 Å². The number of nitro benzene ring substituents is 1. The number of carbonyl (C=O) groups is 1. The molecule has 1 aliphatic carbocycles. The minimum absolute atomic E-state index is 0.0194. The molecule has 0 amide bonds. The number of nitro groups is 1. The molecule has 0 bridgehead atoms. The highest BCUT2D eigenvalue weighted by Crippen LogP contribution is 2.44. The van der Waals surface area contributed by atoms with Gasteiger partial charge in [0.15, 0.2) is 5.13 Å². The minimum atomic E-state index is -0.704. The summed E-state index contributed by atoms with van der Waals surface area (Å²) >= 11 is 1.49. The van der Waals surface area contributed by atoms with Gasteiger partial charge in [-0.15, -0.1) is 0 Å². The zero-order valence-electron chi connectivity index (χ0n) is 17.5. The van der Waals surface area contributed by atoms with Gasteiger partial charge in [-0.1, -0.05) is 55.5 Å². The second-order valence-electron chi connectivity index (χ2n) is 8.68. The predicted octanol–water partition coefficient (Wildman–Crippen LogP) is 4.82. The molecule has 2 aliphatic rings. The summed E-state index contributed by atoms with van der Waals surface area (Å²) in [5, 5.41) is 18.8. The standard InChI is InChI=1S/C23H21N5O3S/c1-23(2)11-15-19(17(29)12-23)20(13-7-3-5-9-16(13)28(30)31)26-21(24-15)27-22-25-14-8-4-6-10-18(14)32-22/h3-11,19-20H,12H2,1-2H3,(H2,24,25,26,27)/t19-,20-/m1/s1. The smallest absolute Gasteiger partial charge is 0.274 e. The highest BCUT2D eigenvalue weighted by atomic mass is 32.1. The lowest BCUT2D eigenvalue weighted by Crippen LogP contribution is -2.46. The molecule has 9 heteroatoms. The number of hydrogen-bond acceptors (Lipinski definition) is 8. The lowest BCUT2D eigenvalue weighted by atomic mass is 9.72. The van der Waals surface area contributed by atoms with Crippen LogP contribution in [0.2, 0.25) is 0 Å². The second kappa shape index (κ2) is 7.52. The predicted molar refractivity (Wildman–Crippen MR) is 125 cm³/mol. The first-order valence-corrected chi connectivity index (χ1v) is 11.1. The first-order valence-electron chi connectivity index (χ1n) is 10.3. The molecule has 2 heterocycles. The quantitative estimate of drug-likeness (QED) is 0.440. The maximum Gasteiger partial charge on any atom is 0.274 e. The molecule has 8 nitrogen and oxygen atoms in total. The average molecular weight is 448 g/mol. The van der Waals surface area contributed by atoms with E-state index in [-0.39, 0.29) is 16.9 Å². The van der Waals surface area contributed by atoms with Crippen molar-refractivity contribution in [3.8, 4) is 0 Å². The minimum Gasteiger partial charge on any atom is -0.329 e. The Morgan fingerprint density at radius 1 is 1.19 bits per heavy atom. The molecule has 0 spiro atoms. The number of aromatic nitrogens is 1. The summed E-state index contributed by atoms with van der Waals surface area (Å²) in [5.74, 6) is -0.156. The molecule has 0 unspecified atom stereocenters. The van der Waals surface area contributed by atoms with Crippen LogP contribution in [0.1, 0.15) is 31.9 Å². The molecule has 1 aliphatic heterocycles. The summed E-state index contributed by atoms with van der Waals surface area (Å²) in [6.45, 7) is 4.00. The number of nitrogens with one attached hydrogen (secondary N) is 2. The molecule has 5 rings (SSSR count). The number of benzene rings is 2. The van der Waals surface area contributed by atoms with Gasteiger partial charge < -0.3 is 10.6 Å². The number of carbonyl (C=O) groups excluding carboxylic acids is 1. The summed E-state index contributed by atoms with van der Waals surface area (Å²) in [7, 11) is 0. The SMILES string of the molecule is CC1(C)C=C2NC(Nc3nc4ccccc4s3)=N[C@H](c3ccccc3[N+](=O)[O-])[C@H]2C(=O)C1. The molecule has 0 radical (unpaired) electrons. The molecular weight excluding hydrogens is 426 g/mol. The van der Waals surface area contributed by atoms with E-state index >= 15 is 0 Å². The van der Waals surface area contributed by atoms with E-state index in [1.165, 1.54) is 17.4 Å². The van der Waals surface area contributed by atoms with Crippen molar-refractivity contribution in [2.24, 2.45) is 16.3 Å². The van der Waals surface area contributed by atoms with Crippen molar-refractivity contribution in [1.29, 1.82) is 0 Å². The van der Waals surface area contributed by atoms with Gasteiger partial charge in [-0.05, 0) is 23.6 Å². The Balaban J connectivity index is 1.60. The summed E-state index contributed by atoms with van der Waals surface area (Å²) in [6, 6.07) is 13.6. The fraction of sp³-hybridized carbons (Fsp3) is 0.261. The Morgan fingerprint density at radius 2 is 1.94 bits per heavy atom. The number of para-hydroxylation sites is 2. The van der Waals surface area contributed by atoms with Crippen LogP contribution in [0, 0.1) is 21.4 Å². The average Bonchev–Trinajstić information content (AvgIpc) is 3.14. The van der Waals surface area contributed by atoms with E-state index in [0.717, 1.165) is 10.2 Å². The number of Topliss-reactive ketones (excluding diaryl/α,β-unsaturated/α-hetero) is 1. The van der Waals surface area contributed by atoms with Crippen LogP contribution in [0.25, 0.3) is 10.2 Å². The van der Waals surface area contributed by atoms with E-state index in [2.05, 4.69) is 15.6 Å². The largest absolute Gasteiger partial charge is 0.329 e. The number of thiazole rings is 1. The number of anilines is 1. The van der Waals surface area contributed by atoms with E-state index in [1.54, 1.807) is 18.2 Å². The van der Waals surface area contributed by atoms with Crippen LogP contribution in [0.4, 0.5) is 10.8 Å². The number of ketones is 1. The molecule has 2 atom stereocenters. The molecular formula is C23H21N5O3S. The molecule has 32 heavy (non-hydrogen) atoms. The van der Waals surface area contributed by atoms with E-state index < -0.39 is 16.9 Å². The van der Waals surface area contributed by atoms with Gasteiger partial charge >= 0.3 is 0 Å². The Kier molecular flexibility index (Phi) is 4.78. The van der Waals surface area contributed by atoms with Crippen molar-refractivity contribution in [3.63, 3.8) is 0 Å². The third-order valence-corrected chi connectivity index (χ3v) is 6.63. The van der Waals surface area contributed by atoms with Gasteiger partial charge in [0.2, 0.25) is 5.96 Å². The third-order valence-electron chi connectivity index (χ3n) is 5.68. The number of aliphatic imine (C=N–C) groups is 1. The van der Waals surface area contributed by atoms with Crippen LogP contribution >= 0.6 is 11.3 Å². The number of hydrogen-bond donors (Lipinski definition) is 2. The van der Waals surface area contributed by atoms with Crippen LogP contribution in [0.3, 0.4) is 0 Å². The number of allylic oxidation sites excluding steroid dienone is 1. The van der Waals surface area contributed by atoms with Gasteiger partial charge in [0, 0.05) is 18.2 Å². The van der Waals surface area contributed by atoms with Gasteiger partial charge in [-0.3, -0.25) is 14.9 Å². The molecule has 0 saturated carbocycles. The van der Waals surface area contributed by atoms with E-state index in [1.807, 2.05) is 44.2 Å². The highest BCUT2D eigenvalue weighted by Gasteiger charge is 2.44. The Morgan fingerprint density at radius 3 is 2.72 bits per heavy atom. The fourth-order valence-corrected chi connectivity index (χ4v) is 5.25. The Bertz CT molecular complexity index is 1280. The number of guanidine groups is 1. The van der Waals surface area contributed by atoms with Crippen molar-refractivity contribution < 1.29 is 9.72 Å². The number of fused-ring (bicyclic) bond motifs is 2. The molecule has 162 valence electrons. The Labute approximate surface area is 188 Å². The maximum absolute atomic E-state index is 13.1. The van der Waals surface area contributed by atoms with Crippen LogP contribution in [0.15, 0.2) is 65.3 Å². The molecule has 2 aromatic carbocycles. The second-order valence-corrected chi connectivity index (χ2v) is 9.71. The first kappa shape index (κ1) is 20.3. The summed E-state index contributed by atoms with van der Waals surface area (Å²) < 4.78 is 1.03. The highest BCUT2D eigenvalue weighted by molar-refractivity contribution is 7.22. The van der Waals surface area contributed by atoms with Crippen molar-refractivity contribution in [2.75, 3.05) is 5.32 Å². The van der Waals surface area contributed by atoms with Crippen molar-refractivity contribution in [2.45, 2.75) is 26.3 Å². The normalized spacial score (nSPS) is 21.9. The van der Waals surface area contributed by atoms with E-state index in [9.17, 15) is 14.9 Å². The fourth-order valence-electron chi connectivity index (χ4n) is 4.38. The lowest BCUT2D eigenvalue weighted by Gasteiger charge is -2.38. The van der Waals surface area contributed by atoms with Crippen molar-refractivity contribution >= 4 is 44.1 Å². The number of rotatable bonds is 3. The third kappa shape index (κ3) is 3.64. The maximum atomic E-state index is 13.1. The van der Waals surface area contributed by atoms with Gasteiger partial charge in [0.25, 0.3) is 5.69 Å². The van der Waals surface area contributed by atoms with Gasteiger partial charge in [-0.2, -0.15) is 0 Å². The van der Waals surface area contributed by atoms with Gasteiger partial charge in [0.1, 0.15) is 11.8 Å². The lowest BCUT2D eigenvalue weighted by molar-refractivity contribution is -0.385. The van der Waals surface area contributed by atoms with Crippen molar-refractivity contribution in [1.82, 2.24) is 10.3 Å². The molecule has 0 saturated heterocycles. The van der Waals surface area contributed by atoms with Crippen LogP contribution in [0.5, 0.6) is 0 Å². The van der Waals surface area contributed by atoms with Gasteiger partial charge in [-0.25, -0.2) is 9.98 Å². The van der Waals surface area contributed by atoms with Crippen LogP contribution < -0.4 is 10.6 Å². The van der Waals surface area contributed by atoms with Gasteiger partial charge in [0.05, 0.1) is 26.6 Å². The van der Waals surface area contributed by atoms with E-state index in [4.69, 9.17) is 4.99 Å². The van der Waals surface area contributed by atoms with Crippen LogP contribution in [-0.4, -0.2) is 21.7 Å². The molecule has 1 aromatic heterocycles. The molecule has 2 N–H and O–H groups in total. The Hall–Kier alpha value is -3.59. The summed E-state index contributed by atoms with van der Waals surface area (Å²) in [6.07, 6.45) is 2.39.